The number of amides is 1. The normalized spacial score (nSPS) is 10.1. The molecule has 0 heterocycles. The molecule has 1 aromatic carbocycles. The topological polar surface area (TPSA) is 58.6 Å². The van der Waals surface area contributed by atoms with Crippen molar-refractivity contribution in [3.8, 4) is 5.75 Å². The first-order valence-electron chi connectivity index (χ1n) is 5.41. The highest BCUT2D eigenvalue weighted by molar-refractivity contribution is 5.90. The van der Waals surface area contributed by atoms with Crippen molar-refractivity contribution in [3.05, 3.63) is 24.0 Å². The lowest BCUT2D eigenvalue weighted by atomic mass is 10.2. The van der Waals surface area contributed by atoms with Gasteiger partial charge >= 0.3 is 0 Å². The lowest BCUT2D eigenvalue weighted by Gasteiger charge is -2.07. The Bertz CT molecular complexity index is 382. The fraction of sp³-hybridized carbons (Fsp3) is 0.417. The minimum Gasteiger partial charge on any atom is -0.494 e. The fourth-order valence-corrected chi connectivity index (χ4v) is 1.36. The number of benzene rings is 1. The molecule has 0 aliphatic carbocycles. The van der Waals surface area contributed by atoms with E-state index in [1.54, 1.807) is 6.07 Å². The first kappa shape index (κ1) is 13.4. The standard InChI is InChI=1S/C12H16FNO3/c1-17-11-6-5-9(8-10(11)13)14-12(16)4-2-3-7-15/h5-6,8,15H,2-4,7H2,1H3,(H,14,16). The molecule has 0 unspecified atom stereocenters. The van der Waals surface area contributed by atoms with Crippen molar-refractivity contribution in [3.63, 3.8) is 0 Å². The van der Waals surface area contributed by atoms with Crippen LogP contribution in [-0.2, 0) is 4.79 Å². The molecule has 0 aliphatic rings. The number of ether oxygens (including phenoxy) is 1. The Labute approximate surface area is 99.4 Å². The van der Waals surface area contributed by atoms with E-state index in [1.165, 1.54) is 19.2 Å². The van der Waals surface area contributed by atoms with Crippen LogP contribution in [0.1, 0.15) is 19.3 Å². The number of methoxy groups -OCH3 is 1. The molecule has 1 rings (SSSR count). The van der Waals surface area contributed by atoms with E-state index < -0.39 is 5.82 Å². The van der Waals surface area contributed by atoms with Crippen LogP contribution in [0.15, 0.2) is 18.2 Å². The van der Waals surface area contributed by atoms with Crippen LogP contribution in [0.2, 0.25) is 0 Å². The minimum atomic E-state index is -0.513. The molecule has 0 saturated carbocycles. The van der Waals surface area contributed by atoms with Gasteiger partial charge in [0.2, 0.25) is 5.91 Å². The Morgan fingerprint density at radius 1 is 1.47 bits per heavy atom. The van der Waals surface area contributed by atoms with Gasteiger partial charge in [-0.15, -0.1) is 0 Å². The Morgan fingerprint density at radius 3 is 2.82 bits per heavy atom. The summed E-state index contributed by atoms with van der Waals surface area (Å²) in [7, 11) is 1.38. The second-order valence-electron chi connectivity index (χ2n) is 3.58. The second-order valence-corrected chi connectivity index (χ2v) is 3.58. The Hall–Kier alpha value is -1.62. The maximum absolute atomic E-state index is 13.3. The highest BCUT2D eigenvalue weighted by atomic mass is 19.1. The van der Waals surface area contributed by atoms with Gasteiger partial charge in [-0.25, -0.2) is 4.39 Å². The number of hydrogen-bond acceptors (Lipinski definition) is 3. The number of carbonyl (C=O) groups is 1. The van der Waals surface area contributed by atoms with Crippen molar-refractivity contribution in [1.29, 1.82) is 0 Å². The van der Waals surface area contributed by atoms with Crippen LogP contribution in [0, 0.1) is 5.82 Å². The molecule has 5 heteroatoms. The van der Waals surface area contributed by atoms with Crippen LogP contribution in [0.3, 0.4) is 0 Å². The van der Waals surface area contributed by atoms with Crippen LogP contribution in [0.4, 0.5) is 10.1 Å². The number of halogens is 1. The lowest BCUT2D eigenvalue weighted by molar-refractivity contribution is -0.116. The molecule has 4 nitrogen and oxygen atoms in total. The largest absolute Gasteiger partial charge is 0.494 e. The van der Waals surface area contributed by atoms with Crippen molar-refractivity contribution in [2.24, 2.45) is 0 Å². The molecule has 1 amide bonds. The quantitative estimate of drug-likeness (QED) is 0.748. The number of carbonyl (C=O) groups excluding carboxylic acids is 1. The number of anilines is 1. The van der Waals surface area contributed by atoms with Crippen LogP contribution in [-0.4, -0.2) is 24.7 Å². The van der Waals surface area contributed by atoms with Crippen LogP contribution < -0.4 is 10.1 Å². The van der Waals surface area contributed by atoms with Crippen LogP contribution in [0.5, 0.6) is 5.75 Å². The van der Waals surface area contributed by atoms with Crippen LogP contribution >= 0.6 is 0 Å². The van der Waals surface area contributed by atoms with Gasteiger partial charge in [0, 0.05) is 24.8 Å². The summed E-state index contributed by atoms with van der Waals surface area (Å²) in [5, 5.41) is 11.1. The molecule has 17 heavy (non-hydrogen) atoms. The van der Waals surface area contributed by atoms with Gasteiger partial charge in [0.15, 0.2) is 11.6 Å². The van der Waals surface area contributed by atoms with Crippen molar-refractivity contribution >= 4 is 11.6 Å². The summed E-state index contributed by atoms with van der Waals surface area (Å²) < 4.78 is 18.1. The first-order chi connectivity index (χ1) is 8.17. The predicted molar refractivity (Wildman–Crippen MR) is 62.5 cm³/mol. The highest BCUT2D eigenvalue weighted by Gasteiger charge is 2.06. The molecule has 0 aromatic heterocycles. The van der Waals surface area contributed by atoms with E-state index in [-0.39, 0.29) is 18.3 Å². The maximum atomic E-state index is 13.3. The number of aliphatic hydroxyl groups excluding tert-OH is 1. The molecule has 0 aliphatic heterocycles. The average Bonchev–Trinajstić information content (AvgIpc) is 2.29. The zero-order chi connectivity index (χ0) is 12.7. The van der Waals surface area contributed by atoms with E-state index in [0.29, 0.717) is 24.9 Å². The molecule has 0 fully saturated rings. The summed E-state index contributed by atoms with van der Waals surface area (Å²) in [4.78, 5) is 11.4. The molecule has 0 spiro atoms. The Kier molecular flexibility index (Phi) is 5.42. The predicted octanol–water partition coefficient (Wildman–Crippen LogP) is 1.94. The highest BCUT2D eigenvalue weighted by Crippen LogP contribution is 2.20. The van der Waals surface area contributed by atoms with E-state index in [2.05, 4.69) is 5.32 Å². The third-order valence-corrected chi connectivity index (χ3v) is 2.25. The van der Waals surface area contributed by atoms with Gasteiger partial charge in [0.1, 0.15) is 0 Å². The summed E-state index contributed by atoms with van der Waals surface area (Å²) in [5.74, 6) is -0.563. The maximum Gasteiger partial charge on any atom is 0.224 e. The van der Waals surface area contributed by atoms with E-state index in [4.69, 9.17) is 9.84 Å². The lowest BCUT2D eigenvalue weighted by Crippen LogP contribution is -2.11. The Morgan fingerprint density at radius 2 is 2.24 bits per heavy atom. The molecule has 2 N–H and O–H groups in total. The number of aliphatic hydroxyl groups is 1. The SMILES string of the molecule is COc1ccc(NC(=O)CCCCO)cc1F. The van der Waals surface area contributed by atoms with Crippen molar-refractivity contribution in [1.82, 2.24) is 0 Å². The van der Waals surface area contributed by atoms with Crippen LogP contribution in [0.25, 0.3) is 0 Å². The summed E-state index contributed by atoms with van der Waals surface area (Å²) in [6.45, 7) is 0.0739. The first-order valence-corrected chi connectivity index (χ1v) is 5.41. The number of hydrogen-bond donors (Lipinski definition) is 2. The number of rotatable bonds is 6. The molecule has 0 atom stereocenters. The van der Waals surface area contributed by atoms with E-state index in [1.807, 2.05) is 0 Å². The molecule has 0 bridgehead atoms. The van der Waals surface area contributed by atoms with Gasteiger partial charge in [0.05, 0.1) is 7.11 Å². The molecule has 0 radical (unpaired) electrons. The third-order valence-electron chi connectivity index (χ3n) is 2.25. The van der Waals surface area contributed by atoms with Crippen molar-refractivity contribution < 1.29 is 19.0 Å². The van der Waals surface area contributed by atoms with Crippen molar-refractivity contribution in [2.75, 3.05) is 19.0 Å². The van der Waals surface area contributed by atoms with Gasteiger partial charge in [-0.3, -0.25) is 4.79 Å². The average molecular weight is 241 g/mol. The zero-order valence-corrected chi connectivity index (χ0v) is 9.70. The van der Waals surface area contributed by atoms with E-state index in [0.717, 1.165) is 0 Å². The summed E-state index contributed by atoms with van der Waals surface area (Å²) >= 11 is 0. The molecular formula is C12H16FNO3. The van der Waals surface area contributed by atoms with E-state index >= 15 is 0 Å². The van der Waals surface area contributed by atoms with E-state index in [9.17, 15) is 9.18 Å². The summed E-state index contributed by atoms with van der Waals surface area (Å²) in [6, 6.07) is 4.24. The van der Waals surface area contributed by atoms with Gasteiger partial charge < -0.3 is 15.2 Å². The third kappa shape index (κ3) is 4.40. The molecule has 0 saturated heterocycles. The second kappa shape index (κ2) is 6.85. The Balaban J connectivity index is 2.51. The van der Waals surface area contributed by atoms with Gasteiger partial charge in [-0.2, -0.15) is 0 Å². The molecular weight excluding hydrogens is 225 g/mol. The van der Waals surface area contributed by atoms with Crippen molar-refractivity contribution in [2.45, 2.75) is 19.3 Å². The van der Waals surface area contributed by atoms with Gasteiger partial charge in [-0.1, -0.05) is 0 Å². The van der Waals surface area contributed by atoms with Gasteiger partial charge in [0.25, 0.3) is 0 Å². The number of unbranched alkanes of at least 4 members (excludes halogenated alkanes) is 1. The molecule has 1 aromatic rings. The summed E-state index contributed by atoms with van der Waals surface area (Å²) in [5.41, 5.74) is 0.400. The van der Waals surface area contributed by atoms with Gasteiger partial charge in [-0.05, 0) is 25.0 Å². The molecule has 94 valence electrons. The zero-order valence-electron chi connectivity index (χ0n) is 9.70. The number of nitrogens with one attached hydrogen (secondary N) is 1. The fourth-order valence-electron chi connectivity index (χ4n) is 1.36. The smallest absolute Gasteiger partial charge is 0.224 e. The minimum absolute atomic E-state index is 0.0739. The monoisotopic (exact) mass is 241 g/mol. The summed E-state index contributed by atoms with van der Waals surface area (Å²) in [6.07, 6.45) is 1.51.